The molecule has 1 aliphatic rings. The molecule has 0 saturated carbocycles. The Morgan fingerprint density at radius 1 is 1.00 bits per heavy atom. The Kier molecular flexibility index (Phi) is 6.07. The van der Waals surface area contributed by atoms with Crippen LogP contribution in [0.5, 0.6) is 0 Å². The van der Waals surface area contributed by atoms with E-state index in [1.165, 1.54) is 0 Å². The largest absolute Gasteiger partial charge is 0.366 e. The SMILES string of the molecule is CC(c1ccccn1)N(c1ccccc1)c1cc(N2CCCCCC2)c([N+](=O)[O-])c2nonc12. The van der Waals surface area contributed by atoms with Crippen molar-refractivity contribution in [3.63, 3.8) is 0 Å². The highest BCUT2D eigenvalue weighted by Gasteiger charge is 2.32. The standard InChI is InChI=1S/C25H26N6O3/c1-18(20-13-7-8-14-26-20)30(19-11-5-4-6-12-19)21-17-22(29-15-9-2-3-10-16-29)25(31(32)33)24-23(21)27-34-28-24/h4-8,11-14,17-18H,2-3,9-10,15-16H2,1H3. The van der Waals surface area contributed by atoms with Crippen molar-refractivity contribution in [3.8, 4) is 0 Å². The third kappa shape index (κ3) is 4.05. The van der Waals surface area contributed by atoms with E-state index < -0.39 is 0 Å². The molecular weight excluding hydrogens is 432 g/mol. The lowest BCUT2D eigenvalue weighted by molar-refractivity contribution is -0.382. The smallest absolute Gasteiger partial charge is 0.323 e. The van der Waals surface area contributed by atoms with Crippen molar-refractivity contribution in [2.45, 2.75) is 38.6 Å². The minimum absolute atomic E-state index is 0.0552. The van der Waals surface area contributed by atoms with E-state index in [2.05, 4.69) is 32.0 Å². The summed E-state index contributed by atoms with van der Waals surface area (Å²) in [5.74, 6) is 0. The van der Waals surface area contributed by atoms with E-state index in [0.717, 1.165) is 50.2 Å². The van der Waals surface area contributed by atoms with Crippen molar-refractivity contribution in [1.82, 2.24) is 15.3 Å². The van der Waals surface area contributed by atoms with E-state index in [9.17, 15) is 10.1 Å². The number of aromatic nitrogens is 3. The number of para-hydroxylation sites is 1. The Labute approximate surface area is 197 Å². The molecule has 1 aliphatic heterocycles. The van der Waals surface area contributed by atoms with Crippen molar-refractivity contribution >= 4 is 33.8 Å². The number of anilines is 3. The molecule has 1 saturated heterocycles. The number of fused-ring (bicyclic) bond motifs is 1. The summed E-state index contributed by atoms with van der Waals surface area (Å²) in [5, 5.41) is 20.3. The van der Waals surface area contributed by atoms with Gasteiger partial charge in [-0.25, -0.2) is 4.63 Å². The number of benzene rings is 2. The van der Waals surface area contributed by atoms with Gasteiger partial charge in [-0.15, -0.1) is 0 Å². The first-order valence-electron chi connectivity index (χ1n) is 11.6. The zero-order chi connectivity index (χ0) is 23.5. The van der Waals surface area contributed by atoms with Gasteiger partial charge in [0, 0.05) is 25.0 Å². The average Bonchev–Trinajstić information content (AvgIpc) is 3.19. The van der Waals surface area contributed by atoms with Crippen LogP contribution in [0.1, 0.15) is 44.3 Å². The third-order valence-corrected chi connectivity index (χ3v) is 6.40. The monoisotopic (exact) mass is 458 g/mol. The highest BCUT2D eigenvalue weighted by molar-refractivity contribution is 6.01. The van der Waals surface area contributed by atoms with E-state index in [0.29, 0.717) is 16.9 Å². The van der Waals surface area contributed by atoms with Gasteiger partial charge in [0.25, 0.3) is 0 Å². The number of nitro benzene ring substituents is 1. The number of hydrogen-bond acceptors (Lipinski definition) is 8. The fourth-order valence-electron chi connectivity index (χ4n) is 4.73. The normalized spacial score (nSPS) is 15.1. The lowest BCUT2D eigenvalue weighted by Gasteiger charge is -2.32. The highest BCUT2D eigenvalue weighted by atomic mass is 16.6. The van der Waals surface area contributed by atoms with Crippen molar-refractivity contribution < 1.29 is 9.55 Å². The predicted octanol–water partition coefficient (Wildman–Crippen LogP) is 5.81. The molecule has 0 bridgehead atoms. The van der Waals surface area contributed by atoms with Crippen LogP contribution in [0, 0.1) is 10.1 Å². The molecule has 4 aromatic rings. The molecule has 0 aliphatic carbocycles. The molecule has 0 radical (unpaired) electrons. The van der Waals surface area contributed by atoms with E-state index in [1.54, 1.807) is 6.20 Å². The minimum atomic E-state index is -0.369. The summed E-state index contributed by atoms with van der Waals surface area (Å²) >= 11 is 0. The van der Waals surface area contributed by atoms with Crippen LogP contribution in [0.2, 0.25) is 0 Å². The minimum Gasteiger partial charge on any atom is -0.366 e. The van der Waals surface area contributed by atoms with Gasteiger partial charge in [-0.2, -0.15) is 0 Å². The van der Waals surface area contributed by atoms with Gasteiger partial charge in [-0.1, -0.05) is 37.1 Å². The molecule has 2 aromatic carbocycles. The van der Waals surface area contributed by atoms with E-state index >= 15 is 0 Å². The van der Waals surface area contributed by atoms with Crippen LogP contribution in [0.4, 0.5) is 22.7 Å². The zero-order valence-electron chi connectivity index (χ0n) is 19.0. The summed E-state index contributed by atoms with van der Waals surface area (Å²) in [4.78, 5) is 20.6. The fourth-order valence-corrected chi connectivity index (χ4v) is 4.73. The van der Waals surface area contributed by atoms with Crippen molar-refractivity contribution in [2.75, 3.05) is 22.9 Å². The lowest BCUT2D eigenvalue weighted by Crippen LogP contribution is -2.26. The lowest BCUT2D eigenvalue weighted by atomic mass is 10.1. The van der Waals surface area contributed by atoms with Crippen LogP contribution in [0.3, 0.4) is 0 Å². The molecule has 34 heavy (non-hydrogen) atoms. The van der Waals surface area contributed by atoms with Gasteiger partial charge in [0.2, 0.25) is 5.52 Å². The molecule has 9 heteroatoms. The number of nitro groups is 1. The molecule has 5 rings (SSSR count). The maximum atomic E-state index is 12.2. The van der Waals surface area contributed by atoms with Crippen LogP contribution < -0.4 is 9.80 Å². The van der Waals surface area contributed by atoms with Gasteiger partial charge in [0.05, 0.1) is 22.3 Å². The molecule has 174 valence electrons. The molecule has 9 nitrogen and oxygen atoms in total. The summed E-state index contributed by atoms with van der Waals surface area (Å²) in [6, 6.07) is 17.4. The number of pyridine rings is 1. The molecule has 2 aromatic heterocycles. The second kappa shape index (κ2) is 9.46. The number of hydrogen-bond donors (Lipinski definition) is 0. The first-order chi connectivity index (χ1) is 16.6. The Bertz CT molecular complexity index is 1270. The van der Waals surface area contributed by atoms with Gasteiger partial charge < -0.3 is 9.80 Å². The van der Waals surface area contributed by atoms with Crippen LogP contribution in [0.15, 0.2) is 65.4 Å². The first kappa shape index (κ1) is 21.8. The summed E-state index contributed by atoms with van der Waals surface area (Å²) in [7, 11) is 0. The average molecular weight is 459 g/mol. The summed E-state index contributed by atoms with van der Waals surface area (Å²) < 4.78 is 5.07. The maximum Gasteiger partial charge on any atom is 0.323 e. The Morgan fingerprint density at radius 3 is 2.38 bits per heavy atom. The molecule has 0 N–H and O–H groups in total. The zero-order valence-corrected chi connectivity index (χ0v) is 19.0. The Hall–Kier alpha value is -4.01. The highest BCUT2D eigenvalue weighted by Crippen LogP contribution is 2.45. The summed E-state index contributed by atoms with van der Waals surface area (Å²) in [5.41, 5.74) is 3.50. The van der Waals surface area contributed by atoms with Gasteiger partial charge in [-0.05, 0) is 60.4 Å². The molecule has 1 fully saturated rings. The van der Waals surface area contributed by atoms with Crippen LogP contribution in [-0.4, -0.2) is 33.3 Å². The second-order valence-corrected chi connectivity index (χ2v) is 8.52. The molecule has 0 spiro atoms. The van der Waals surface area contributed by atoms with Crippen molar-refractivity contribution in [1.29, 1.82) is 0 Å². The maximum absolute atomic E-state index is 12.2. The van der Waals surface area contributed by atoms with Crippen molar-refractivity contribution in [3.05, 3.63) is 76.6 Å². The third-order valence-electron chi connectivity index (χ3n) is 6.40. The van der Waals surface area contributed by atoms with E-state index in [-0.39, 0.29) is 22.2 Å². The van der Waals surface area contributed by atoms with Crippen LogP contribution in [-0.2, 0) is 0 Å². The predicted molar refractivity (Wildman–Crippen MR) is 130 cm³/mol. The van der Waals surface area contributed by atoms with Crippen LogP contribution in [0.25, 0.3) is 11.0 Å². The second-order valence-electron chi connectivity index (χ2n) is 8.52. The molecule has 3 heterocycles. The van der Waals surface area contributed by atoms with Crippen LogP contribution >= 0.6 is 0 Å². The Balaban J connectivity index is 1.75. The van der Waals surface area contributed by atoms with Gasteiger partial charge in [-0.3, -0.25) is 15.1 Å². The Morgan fingerprint density at radius 2 is 1.71 bits per heavy atom. The molecule has 1 unspecified atom stereocenters. The summed E-state index contributed by atoms with van der Waals surface area (Å²) in [6.07, 6.45) is 6.00. The van der Waals surface area contributed by atoms with Gasteiger partial charge in [0.1, 0.15) is 5.69 Å². The van der Waals surface area contributed by atoms with Crippen molar-refractivity contribution in [2.24, 2.45) is 0 Å². The van der Waals surface area contributed by atoms with E-state index in [4.69, 9.17) is 4.63 Å². The summed E-state index contributed by atoms with van der Waals surface area (Å²) in [6.45, 7) is 3.58. The molecular formula is C25H26N6O3. The molecule has 1 atom stereocenters. The quantitative estimate of drug-likeness (QED) is 0.264. The van der Waals surface area contributed by atoms with Gasteiger partial charge in [0.15, 0.2) is 5.52 Å². The first-order valence-corrected chi connectivity index (χ1v) is 11.6. The van der Waals surface area contributed by atoms with E-state index in [1.807, 2.05) is 54.6 Å². The van der Waals surface area contributed by atoms with Gasteiger partial charge >= 0.3 is 5.69 Å². The number of rotatable bonds is 6. The topological polar surface area (TPSA) is 101 Å². The fraction of sp³-hybridized carbons (Fsp3) is 0.320. The molecule has 0 amide bonds. The number of nitrogens with zero attached hydrogens (tertiary/aromatic N) is 6.